The van der Waals surface area contributed by atoms with Gasteiger partial charge in [0.1, 0.15) is 17.0 Å². The number of anilines is 1. The van der Waals surface area contributed by atoms with Crippen LogP contribution in [0.1, 0.15) is 62.5 Å². The van der Waals surface area contributed by atoms with Gasteiger partial charge in [0.2, 0.25) is 5.88 Å². The summed E-state index contributed by atoms with van der Waals surface area (Å²) < 4.78 is 7.68. The van der Waals surface area contributed by atoms with Gasteiger partial charge in [0.05, 0.1) is 12.3 Å². The summed E-state index contributed by atoms with van der Waals surface area (Å²) in [6, 6.07) is 9.65. The van der Waals surface area contributed by atoms with E-state index in [1.807, 2.05) is 30.0 Å². The summed E-state index contributed by atoms with van der Waals surface area (Å²) in [6.45, 7) is 10.2. The number of ether oxygens (including phenoxy) is 1. The summed E-state index contributed by atoms with van der Waals surface area (Å²) in [7, 11) is 0. The molecule has 0 aromatic carbocycles. The van der Waals surface area contributed by atoms with E-state index in [4.69, 9.17) is 9.72 Å². The molecule has 1 amide bonds. The lowest BCUT2D eigenvalue weighted by Gasteiger charge is -2.32. The maximum atomic E-state index is 13.1. The van der Waals surface area contributed by atoms with Gasteiger partial charge in [-0.2, -0.15) is 0 Å². The highest BCUT2D eigenvalue weighted by Gasteiger charge is 2.30. The van der Waals surface area contributed by atoms with Crippen LogP contribution in [-0.2, 0) is 0 Å². The number of amides is 1. The second kappa shape index (κ2) is 8.57. The normalized spacial score (nSPS) is 15.3. The highest BCUT2D eigenvalue weighted by atomic mass is 16.5. The molecule has 1 aliphatic heterocycles. The van der Waals surface area contributed by atoms with Gasteiger partial charge in [-0.1, -0.05) is 6.07 Å². The van der Waals surface area contributed by atoms with Crippen LogP contribution in [0.5, 0.6) is 5.88 Å². The Balaban J connectivity index is 1.54. The minimum Gasteiger partial charge on any atom is -0.477 e. The molecule has 1 aliphatic rings. The number of fused-ring (bicyclic) bond motifs is 1. The molecule has 0 atom stereocenters. The summed E-state index contributed by atoms with van der Waals surface area (Å²) >= 11 is 0. The number of likely N-dealkylation sites (tertiary alicyclic amines) is 1. The van der Waals surface area contributed by atoms with Crippen LogP contribution in [-0.4, -0.2) is 50.4 Å². The van der Waals surface area contributed by atoms with Crippen molar-refractivity contribution in [3.05, 3.63) is 54.0 Å². The predicted molar refractivity (Wildman–Crippen MR) is 122 cm³/mol. The van der Waals surface area contributed by atoms with Gasteiger partial charge in [-0.15, -0.1) is 0 Å². The van der Waals surface area contributed by atoms with Crippen molar-refractivity contribution in [1.29, 1.82) is 0 Å². The van der Waals surface area contributed by atoms with Crippen LogP contribution in [0.4, 0.5) is 5.82 Å². The van der Waals surface area contributed by atoms with Crippen molar-refractivity contribution in [3.63, 3.8) is 0 Å². The quantitative estimate of drug-likeness (QED) is 0.663. The maximum absolute atomic E-state index is 13.1. The molecule has 31 heavy (non-hydrogen) atoms. The number of hydrogen-bond acceptors (Lipinski definition) is 5. The minimum atomic E-state index is -0.0762. The minimum absolute atomic E-state index is 0.0157. The summed E-state index contributed by atoms with van der Waals surface area (Å²) in [4.78, 5) is 24.2. The third kappa shape index (κ3) is 4.50. The number of piperidine rings is 1. The molecule has 164 valence electrons. The number of nitrogens with zero attached hydrogens (tertiary/aromatic N) is 4. The molecule has 1 fully saturated rings. The molecule has 0 saturated carbocycles. The number of carbonyl (C=O) groups excluding carboxylic acids is 1. The molecule has 4 heterocycles. The number of pyridine rings is 2. The van der Waals surface area contributed by atoms with Crippen LogP contribution >= 0.6 is 0 Å². The summed E-state index contributed by atoms with van der Waals surface area (Å²) in [5.41, 5.74) is 2.49. The average molecular weight is 422 g/mol. The smallest absolute Gasteiger partial charge is 0.259 e. The first kappa shape index (κ1) is 21.2. The molecule has 1 N–H and O–H groups in total. The fraction of sp³-hybridized carbons (Fsp3) is 0.458. The Bertz CT molecular complexity index is 1060. The van der Waals surface area contributed by atoms with Crippen molar-refractivity contribution in [2.24, 2.45) is 0 Å². The van der Waals surface area contributed by atoms with E-state index in [0.717, 1.165) is 30.0 Å². The predicted octanol–water partition coefficient (Wildman–Crippen LogP) is 4.36. The van der Waals surface area contributed by atoms with Gasteiger partial charge in [0.25, 0.3) is 5.91 Å². The molecule has 4 rings (SSSR count). The Morgan fingerprint density at radius 1 is 1.19 bits per heavy atom. The highest BCUT2D eigenvalue weighted by Crippen LogP contribution is 2.35. The van der Waals surface area contributed by atoms with Crippen LogP contribution in [0.15, 0.2) is 42.7 Å². The summed E-state index contributed by atoms with van der Waals surface area (Å²) in [5, 5.41) is 3.65. The van der Waals surface area contributed by atoms with E-state index in [-0.39, 0.29) is 11.4 Å². The van der Waals surface area contributed by atoms with Crippen molar-refractivity contribution in [1.82, 2.24) is 19.3 Å². The Morgan fingerprint density at radius 3 is 2.68 bits per heavy atom. The number of nitrogens with one attached hydrogen (secondary N) is 1. The molecule has 0 bridgehead atoms. The van der Waals surface area contributed by atoms with Gasteiger partial charge in [0.15, 0.2) is 0 Å². The van der Waals surface area contributed by atoms with Crippen molar-refractivity contribution in [3.8, 4) is 5.88 Å². The first-order valence-electron chi connectivity index (χ1n) is 11.0. The summed E-state index contributed by atoms with van der Waals surface area (Å²) in [6.07, 6.45) is 5.45. The lowest BCUT2D eigenvalue weighted by atomic mass is 9.92. The molecule has 7 nitrogen and oxygen atoms in total. The first-order chi connectivity index (χ1) is 14.9. The van der Waals surface area contributed by atoms with Crippen LogP contribution in [0.25, 0.3) is 5.65 Å². The molecule has 0 unspecified atom stereocenters. The highest BCUT2D eigenvalue weighted by molar-refractivity contribution is 5.96. The van der Waals surface area contributed by atoms with Crippen molar-refractivity contribution in [2.75, 3.05) is 25.0 Å². The number of rotatable bonds is 5. The van der Waals surface area contributed by atoms with Crippen molar-refractivity contribution < 1.29 is 9.53 Å². The Kier molecular flexibility index (Phi) is 5.85. The summed E-state index contributed by atoms with van der Waals surface area (Å²) in [5.74, 6) is 1.75. The van der Waals surface area contributed by atoms with Crippen LogP contribution in [0, 0.1) is 0 Å². The Hall–Kier alpha value is -3.09. The first-order valence-corrected chi connectivity index (χ1v) is 11.0. The van der Waals surface area contributed by atoms with E-state index >= 15 is 0 Å². The zero-order valence-electron chi connectivity index (χ0n) is 18.8. The molecule has 1 saturated heterocycles. The molecule has 7 heteroatoms. The zero-order valence-corrected chi connectivity index (χ0v) is 18.8. The van der Waals surface area contributed by atoms with E-state index in [2.05, 4.69) is 41.7 Å². The maximum Gasteiger partial charge on any atom is 0.259 e. The second-order valence-corrected chi connectivity index (χ2v) is 9.01. The van der Waals surface area contributed by atoms with Gasteiger partial charge < -0.3 is 15.0 Å². The van der Waals surface area contributed by atoms with Crippen molar-refractivity contribution in [2.45, 2.75) is 52.0 Å². The van der Waals surface area contributed by atoms with Gasteiger partial charge in [-0.05, 0) is 64.8 Å². The standard InChI is InChI=1S/C24H31N5O2/c1-5-31-22-18(9-8-13-25-22)23(30)28-15-11-17(12-16-28)20-21(27-24(2,3)4)29-14-7-6-10-19(29)26-20/h6-10,13-14,17,27H,5,11-12,15-16H2,1-4H3. The third-order valence-corrected chi connectivity index (χ3v) is 5.50. The fourth-order valence-electron chi connectivity index (χ4n) is 4.11. The lowest BCUT2D eigenvalue weighted by molar-refractivity contribution is 0.0707. The topological polar surface area (TPSA) is 71.8 Å². The largest absolute Gasteiger partial charge is 0.477 e. The van der Waals surface area contributed by atoms with E-state index < -0.39 is 0 Å². The molecular weight excluding hydrogens is 390 g/mol. The molecule has 0 radical (unpaired) electrons. The van der Waals surface area contributed by atoms with Gasteiger partial charge >= 0.3 is 0 Å². The van der Waals surface area contributed by atoms with Crippen LogP contribution in [0.2, 0.25) is 0 Å². The third-order valence-electron chi connectivity index (χ3n) is 5.50. The van der Waals surface area contributed by atoms with E-state index in [0.29, 0.717) is 37.1 Å². The number of imidazole rings is 1. The lowest BCUT2D eigenvalue weighted by Crippen LogP contribution is -2.38. The molecule has 3 aromatic rings. The molecule has 3 aromatic heterocycles. The second-order valence-electron chi connectivity index (χ2n) is 9.01. The SMILES string of the molecule is CCOc1ncccc1C(=O)N1CCC(c2nc3ccccn3c2NC(C)(C)C)CC1. The zero-order chi connectivity index (χ0) is 22.0. The van der Waals surface area contributed by atoms with Gasteiger partial charge in [-0.3, -0.25) is 9.20 Å². The van der Waals surface area contributed by atoms with Crippen molar-refractivity contribution >= 4 is 17.4 Å². The number of aromatic nitrogens is 3. The van der Waals surface area contributed by atoms with E-state index in [1.165, 1.54) is 0 Å². The number of hydrogen-bond donors (Lipinski definition) is 1. The monoisotopic (exact) mass is 421 g/mol. The molecule has 0 spiro atoms. The Morgan fingerprint density at radius 2 is 1.97 bits per heavy atom. The van der Waals surface area contributed by atoms with Gasteiger partial charge in [-0.25, -0.2) is 9.97 Å². The van der Waals surface area contributed by atoms with E-state index in [9.17, 15) is 4.79 Å². The average Bonchev–Trinajstić information content (AvgIpc) is 3.11. The fourth-order valence-corrected chi connectivity index (χ4v) is 4.11. The Labute approximate surface area is 183 Å². The van der Waals surface area contributed by atoms with E-state index in [1.54, 1.807) is 18.3 Å². The molecule has 0 aliphatic carbocycles. The number of carbonyl (C=O) groups is 1. The van der Waals surface area contributed by atoms with Gasteiger partial charge in [0, 0.05) is 36.9 Å². The van der Waals surface area contributed by atoms with Crippen LogP contribution in [0.3, 0.4) is 0 Å². The van der Waals surface area contributed by atoms with Crippen LogP contribution < -0.4 is 10.1 Å². The molecular formula is C24H31N5O2.